The summed E-state index contributed by atoms with van der Waals surface area (Å²) in [4.78, 5) is 51.3. The fourth-order valence-corrected chi connectivity index (χ4v) is 2.80. The van der Waals surface area contributed by atoms with Crippen LogP contribution >= 0.6 is 0 Å². The van der Waals surface area contributed by atoms with Gasteiger partial charge in [0.15, 0.2) is 6.61 Å². The topological polar surface area (TPSA) is 124 Å². The van der Waals surface area contributed by atoms with Gasteiger partial charge in [-0.25, -0.2) is 14.4 Å². The standard InChI is InChI=1S/C21H24N2O7/c1-11(2)30-20(26)17-12(3)18(22-13(17)4)21(27)29-10-16(24)23-15-9-7-6-8-14(15)19(25)28-5/h6-9,11,22H,10H2,1-5H3,(H,23,24). The van der Waals surface area contributed by atoms with E-state index in [1.54, 1.807) is 39.8 Å². The molecule has 0 aliphatic carbocycles. The van der Waals surface area contributed by atoms with Gasteiger partial charge in [0.05, 0.1) is 30.0 Å². The van der Waals surface area contributed by atoms with Crippen molar-refractivity contribution in [3.63, 3.8) is 0 Å². The van der Waals surface area contributed by atoms with Crippen molar-refractivity contribution in [2.24, 2.45) is 0 Å². The van der Waals surface area contributed by atoms with Crippen LogP contribution in [0.15, 0.2) is 24.3 Å². The molecule has 9 nitrogen and oxygen atoms in total. The number of amides is 1. The van der Waals surface area contributed by atoms with Crippen molar-refractivity contribution in [2.75, 3.05) is 19.0 Å². The summed E-state index contributed by atoms with van der Waals surface area (Å²) >= 11 is 0. The number of esters is 3. The number of H-pyrrole nitrogens is 1. The Hall–Kier alpha value is -3.62. The SMILES string of the molecule is COC(=O)c1ccccc1NC(=O)COC(=O)c1[nH]c(C)c(C(=O)OC(C)C)c1C. The zero-order chi connectivity index (χ0) is 22.4. The van der Waals surface area contributed by atoms with Crippen molar-refractivity contribution in [1.29, 1.82) is 0 Å². The highest BCUT2D eigenvalue weighted by molar-refractivity contribution is 6.03. The van der Waals surface area contributed by atoms with Gasteiger partial charge in [-0.3, -0.25) is 4.79 Å². The van der Waals surface area contributed by atoms with Gasteiger partial charge in [0.25, 0.3) is 5.91 Å². The number of ether oxygens (including phenoxy) is 3. The molecule has 0 unspecified atom stereocenters. The maximum Gasteiger partial charge on any atom is 0.355 e. The minimum atomic E-state index is -0.796. The van der Waals surface area contributed by atoms with E-state index in [1.807, 2.05) is 0 Å². The summed E-state index contributed by atoms with van der Waals surface area (Å²) in [5.74, 6) is -2.59. The molecule has 0 aliphatic rings. The Balaban J connectivity index is 2.06. The highest BCUT2D eigenvalue weighted by Crippen LogP contribution is 2.21. The molecule has 1 aromatic heterocycles. The normalized spacial score (nSPS) is 10.5. The summed E-state index contributed by atoms with van der Waals surface area (Å²) < 4.78 is 14.9. The van der Waals surface area contributed by atoms with Gasteiger partial charge in [-0.1, -0.05) is 12.1 Å². The van der Waals surface area contributed by atoms with E-state index in [2.05, 4.69) is 15.0 Å². The monoisotopic (exact) mass is 416 g/mol. The number of aromatic nitrogens is 1. The van der Waals surface area contributed by atoms with Crippen LogP contribution in [0.1, 0.15) is 56.3 Å². The van der Waals surface area contributed by atoms with Crippen LogP contribution in [0.25, 0.3) is 0 Å². The van der Waals surface area contributed by atoms with Crippen LogP contribution in [0, 0.1) is 13.8 Å². The molecule has 160 valence electrons. The molecule has 0 atom stereocenters. The molecule has 2 aromatic rings. The van der Waals surface area contributed by atoms with Crippen molar-refractivity contribution in [3.8, 4) is 0 Å². The second-order valence-electron chi connectivity index (χ2n) is 6.74. The number of carbonyl (C=O) groups is 4. The van der Waals surface area contributed by atoms with Gasteiger partial charge in [-0.2, -0.15) is 0 Å². The Labute approximate surface area is 173 Å². The van der Waals surface area contributed by atoms with Gasteiger partial charge < -0.3 is 24.5 Å². The first-order valence-corrected chi connectivity index (χ1v) is 9.20. The Morgan fingerprint density at radius 1 is 1.03 bits per heavy atom. The lowest BCUT2D eigenvalue weighted by molar-refractivity contribution is -0.119. The Morgan fingerprint density at radius 3 is 2.33 bits per heavy atom. The van der Waals surface area contributed by atoms with E-state index in [-0.39, 0.29) is 28.6 Å². The maximum absolute atomic E-state index is 12.4. The molecule has 2 N–H and O–H groups in total. The highest BCUT2D eigenvalue weighted by Gasteiger charge is 2.25. The van der Waals surface area contributed by atoms with Crippen LogP contribution in [0.4, 0.5) is 5.69 Å². The van der Waals surface area contributed by atoms with Crippen LogP contribution in [-0.2, 0) is 19.0 Å². The first-order chi connectivity index (χ1) is 14.1. The second-order valence-corrected chi connectivity index (χ2v) is 6.74. The number of aromatic amines is 1. The largest absolute Gasteiger partial charge is 0.465 e. The number of rotatable bonds is 7. The Morgan fingerprint density at radius 2 is 1.70 bits per heavy atom. The molecule has 1 heterocycles. The van der Waals surface area contributed by atoms with Crippen LogP contribution < -0.4 is 5.32 Å². The van der Waals surface area contributed by atoms with E-state index in [1.165, 1.54) is 19.2 Å². The van der Waals surface area contributed by atoms with E-state index in [0.29, 0.717) is 11.3 Å². The second kappa shape index (κ2) is 9.73. The van der Waals surface area contributed by atoms with Crippen LogP contribution in [-0.4, -0.2) is 48.6 Å². The number of benzene rings is 1. The molecule has 0 saturated heterocycles. The zero-order valence-electron chi connectivity index (χ0n) is 17.5. The molecular formula is C21H24N2O7. The number of anilines is 1. The lowest BCUT2D eigenvalue weighted by Gasteiger charge is -2.10. The smallest absolute Gasteiger partial charge is 0.355 e. The predicted octanol–water partition coefficient (Wildman–Crippen LogP) is 2.78. The van der Waals surface area contributed by atoms with Gasteiger partial charge in [0.2, 0.25) is 0 Å². The van der Waals surface area contributed by atoms with E-state index in [4.69, 9.17) is 9.47 Å². The lowest BCUT2D eigenvalue weighted by Crippen LogP contribution is -2.22. The molecule has 2 rings (SSSR count). The molecule has 0 radical (unpaired) electrons. The maximum atomic E-state index is 12.4. The van der Waals surface area contributed by atoms with Crippen molar-refractivity contribution in [1.82, 2.24) is 4.98 Å². The average molecular weight is 416 g/mol. The van der Waals surface area contributed by atoms with Gasteiger partial charge >= 0.3 is 17.9 Å². The fraction of sp³-hybridized carbons (Fsp3) is 0.333. The number of methoxy groups -OCH3 is 1. The van der Waals surface area contributed by atoms with Crippen molar-refractivity contribution >= 4 is 29.5 Å². The molecule has 0 spiro atoms. The highest BCUT2D eigenvalue weighted by atomic mass is 16.5. The zero-order valence-corrected chi connectivity index (χ0v) is 17.5. The minimum absolute atomic E-state index is 0.0611. The molecule has 1 amide bonds. The number of hydrogen-bond acceptors (Lipinski definition) is 7. The van der Waals surface area contributed by atoms with E-state index in [0.717, 1.165) is 0 Å². The predicted molar refractivity (Wildman–Crippen MR) is 108 cm³/mol. The van der Waals surface area contributed by atoms with E-state index >= 15 is 0 Å². The quantitative estimate of drug-likeness (QED) is 0.525. The minimum Gasteiger partial charge on any atom is -0.465 e. The molecule has 0 saturated carbocycles. The third-order valence-corrected chi connectivity index (χ3v) is 4.13. The third-order valence-electron chi connectivity index (χ3n) is 4.13. The lowest BCUT2D eigenvalue weighted by atomic mass is 10.1. The fourth-order valence-electron chi connectivity index (χ4n) is 2.80. The van der Waals surface area contributed by atoms with Gasteiger partial charge in [0.1, 0.15) is 5.69 Å². The van der Waals surface area contributed by atoms with E-state index < -0.39 is 30.4 Å². The molecule has 30 heavy (non-hydrogen) atoms. The molecule has 0 aliphatic heterocycles. The molecule has 9 heteroatoms. The van der Waals surface area contributed by atoms with Gasteiger partial charge in [0, 0.05) is 5.69 Å². The Kier molecular flexibility index (Phi) is 7.35. The average Bonchev–Trinajstić information content (AvgIpc) is 2.99. The van der Waals surface area contributed by atoms with Crippen LogP contribution in [0.3, 0.4) is 0 Å². The first kappa shape index (κ1) is 22.7. The molecular weight excluding hydrogens is 392 g/mol. The molecule has 1 aromatic carbocycles. The number of hydrogen-bond donors (Lipinski definition) is 2. The third kappa shape index (κ3) is 5.25. The van der Waals surface area contributed by atoms with Crippen LogP contribution in [0.5, 0.6) is 0 Å². The van der Waals surface area contributed by atoms with Gasteiger partial charge in [-0.15, -0.1) is 0 Å². The summed E-state index contributed by atoms with van der Waals surface area (Å²) in [6.45, 7) is 6.08. The number of nitrogens with one attached hydrogen (secondary N) is 2. The Bertz CT molecular complexity index is 976. The summed E-state index contributed by atoms with van der Waals surface area (Å²) in [7, 11) is 1.23. The van der Waals surface area contributed by atoms with Crippen molar-refractivity contribution in [2.45, 2.75) is 33.8 Å². The molecule has 0 fully saturated rings. The summed E-state index contributed by atoms with van der Waals surface area (Å²) in [6, 6.07) is 6.28. The molecule has 0 bridgehead atoms. The summed E-state index contributed by atoms with van der Waals surface area (Å²) in [5, 5.41) is 2.50. The van der Waals surface area contributed by atoms with Crippen LogP contribution in [0.2, 0.25) is 0 Å². The summed E-state index contributed by atoms with van der Waals surface area (Å²) in [6.07, 6.45) is -0.307. The first-order valence-electron chi connectivity index (χ1n) is 9.20. The van der Waals surface area contributed by atoms with Crippen molar-refractivity contribution < 1.29 is 33.4 Å². The number of aryl methyl sites for hydroxylation is 1. The number of carbonyl (C=O) groups excluding carboxylic acids is 4. The summed E-state index contributed by atoms with van der Waals surface area (Å²) in [5.41, 5.74) is 1.55. The van der Waals surface area contributed by atoms with E-state index in [9.17, 15) is 19.2 Å². The van der Waals surface area contributed by atoms with Gasteiger partial charge in [-0.05, 0) is 45.4 Å². The van der Waals surface area contributed by atoms with Crippen molar-refractivity contribution in [3.05, 3.63) is 52.3 Å². The number of para-hydroxylation sites is 1.